The van der Waals surface area contributed by atoms with E-state index < -0.39 is 0 Å². The summed E-state index contributed by atoms with van der Waals surface area (Å²) in [6, 6.07) is 5.03. The zero-order valence-electron chi connectivity index (χ0n) is 8.59. The number of hydrogen-bond donors (Lipinski definition) is 0. The van der Waals surface area contributed by atoms with Crippen molar-refractivity contribution in [1.29, 1.82) is 0 Å². The second-order valence-corrected chi connectivity index (χ2v) is 4.22. The Morgan fingerprint density at radius 1 is 1.40 bits per heavy atom. The van der Waals surface area contributed by atoms with Crippen molar-refractivity contribution in [3.05, 3.63) is 28.2 Å². The van der Waals surface area contributed by atoms with Crippen LogP contribution >= 0.6 is 23.2 Å². The first-order chi connectivity index (χ1) is 6.99. The van der Waals surface area contributed by atoms with Gasteiger partial charge in [-0.25, -0.2) is 0 Å². The second-order valence-electron chi connectivity index (χ2n) is 3.41. The molecular weight excluding hydrogens is 235 g/mol. The first-order valence-corrected chi connectivity index (χ1v) is 5.36. The third kappa shape index (κ3) is 4.10. The lowest BCUT2D eigenvalue weighted by Crippen LogP contribution is -2.15. The van der Waals surface area contributed by atoms with Gasteiger partial charge in [0.2, 0.25) is 0 Å². The highest BCUT2D eigenvalue weighted by Crippen LogP contribution is 2.27. The Morgan fingerprint density at radius 2 is 2.07 bits per heavy atom. The van der Waals surface area contributed by atoms with Crippen molar-refractivity contribution in [2.75, 3.05) is 0 Å². The molecule has 1 atom stereocenters. The minimum Gasteiger partial charge on any atom is -0.490 e. The van der Waals surface area contributed by atoms with E-state index in [9.17, 15) is 4.79 Å². The van der Waals surface area contributed by atoms with Crippen LogP contribution in [0.2, 0.25) is 10.0 Å². The molecule has 0 aromatic heterocycles. The molecule has 0 saturated heterocycles. The molecule has 0 saturated carbocycles. The van der Waals surface area contributed by atoms with E-state index in [1.807, 2.05) is 6.92 Å². The van der Waals surface area contributed by atoms with Crippen LogP contribution in [-0.2, 0) is 4.79 Å². The van der Waals surface area contributed by atoms with E-state index in [0.717, 1.165) is 0 Å². The van der Waals surface area contributed by atoms with Crippen molar-refractivity contribution >= 4 is 29.0 Å². The maximum Gasteiger partial charge on any atom is 0.133 e. The number of rotatable bonds is 4. The van der Waals surface area contributed by atoms with Gasteiger partial charge in [0.1, 0.15) is 17.6 Å². The number of benzene rings is 1. The second kappa shape index (κ2) is 5.38. The van der Waals surface area contributed by atoms with Crippen LogP contribution in [-0.4, -0.2) is 11.9 Å². The van der Waals surface area contributed by atoms with Gasteiger partial charge in [-0.3, -0.25) is 4.79 Å². The van der Waals surface area contributed by atoms with Crippen molar-refractivity contribution in [2.45, 2.75) is 26.4 Å². The SMILES string of the molecule is CC(=O)CC(C)Oc1ccc(Cl)c(Cl)c1. The molecule has 15 heavy (non-hydrogen) atoms. The number of hydrogen-bond acceptors (Lipinski definition) is 2. The zero-order chi connectivity index (χ0) is 11.4. The molecule has 0 fully saturated rings. The summed E-state index contributed by atoms with van der Waals surface area (Å²) in [6.45, 7) is 3.37. The molecule has 1 aromatic rings. The topological polar surface area (TPSA) is 26.3 Å². The Kier molecular flexibility index (Phi) is 4.43. The first-order valence-electron chi connectivity index (χ1n) is 4.60. The number of Topliss-reactive ketones (excluding diaryl/α,β-unsaturated/α-hetero) is 1. The lowest BCUT2D eigenvalue weighted by atomic mass is 10.2. The Bertz CT molecular complexity index is 364. The van der Waals surface area contributed by atoms with Crippen molar-refractivity contribution < 1.29 is 9.53 Å². The van der Waals surface area contributed by atoms with Gasteiger partial charge in [0, 0.05) is 12.5 Å². The normalized spacial score (nSPS) is 12.3. The van der Waals surface area contributed by atoms with Crippen molar-refractivity contribution in [3.63, 3.8) is 0 Å². The van der Waals surface area contributed by atoms with Crippen LogP contribution in [0.5, 0.6) is 5.75 Å². The number of carbonyl (C=O) groups excluding carboxylic acids is 1. The van der Waals surface area contributed by atoms with Gasteiger partial charge in [-0.15, -0.1) is 0 Å². The van der Waals surface area contributed by atoms with E-state index in [1.165, 1.54) is 6.92 Å². The van der Waals surface area contributed by atoms with Gasteiger partial charge in [0.05, 0.1) is 10.0 Å². The van der Waals surface area contributed by atoms with Gasteiger partial charge in [-0.1, -0.05) is 23.2 Å². The number of halogens is 2. The van der Waals surface area contributed by atoms with E-state index in [1.54, 1.807) is 18.2 Å². The summed E-state index contributed by atoms with van der Waals surface area (Å²) in [4.78, 5) is 10.8. The Labute approximate surface area is 99.1 Å². The van der Waals surface area contributed by atoms with Crippen LogP contribution in [0.15, 0.2) is 18.2 Å². The van der Waals surface area contributed by atoms with Gasteiger partial charge in [0.25, 0.3) is 0 Å². The monoisotopic (exact) mass is 246 g/mol. The lowest BCUT2D eigenvalue weighted by Gasteiger charge is -2.13. The summed E-state index contributed by atoms with van der Waals surface area (Å²) >= 11 is 11.6. The molecule has 0 aliphatic carbocycles. The minimum absolute atomic E-state index is 0.0996. The molecule has 4 heteroatoms. The van der Waals surface area contributed by atoms with E-state index in [-0.39, 0.29) is 11.9 Å². The Balaban J connectivity index is 2.64. The highest BCUT2D eigenvalue weighted by Gasteiger charge is 2.08. The Hall–Kier alpha value is -0.730. The third-order valence-electron chi connectivity index (χ3n) is 1.80. The molecule has 1 aromatic carbocycles. The number of ether oxygens (including phenoxy) is 1. The van der Waals surface area contributed by atoms with Gasteiger partial charge in [-0.05, 0) is 26.0 Å². The fourth-order valence-electron chi connectivity index (χ4n) is 1.23. The first kappa shape index (κ1) is 12.3. The largest absolute Gasteiger partial charge is 0.490 e. The molecule has 0 N–H and O–H groups in total. The van der Waals surface area contributed by atoms with Crippen molar-refractivity contribution in [2.24, 2.45) is 0 Å². The van der Waals surface area contributed by atoms with Crippen LogP contribution in [0.25, 0.3) is 0 Å². The highest BCUT2D eigenvalue weighted by atomic mass is 35.5. The maximum atomic E-state index is 10.8. The molecule has 0 aliphatic rings. The molecule has 0 aliphatic heterocycles. The smallest absolute Gasteiger partial charge is 0.133 e. The summed E-state index contributed by atoms with van der Waals surface area (Å²) in [5, 5.41) is 0.937. The molecule has 0 radical (unpaired) electrons. The maximum absolute atomic E-state index is 10.8. The Morgan fingerprint density at radius 3 is 2.60 bits per heavy atom. The van der Waals surface area contributed by atoms with E-state index in [4.69, 9.17) is 27.9 Å². The minimum atomic E-state index is -0.153. The molecule has 0 heterocycles. The highest BCUT2D eigenvalue weighted by molar-refractivity contribution is 6.42. The predicted octanol–water partition coefficient (Wildman–Crippen LogP) is 3.74. The molecule has 0 spiro atoms. The van der Waals surface area contributed by atoms with Gasteiger partial charge < -0.3 is 4.74 Å². The van der Waals surface area contributed by atoms with E-state index >= 15 is 0 Å². The summed E-state index contributed by atoms with van der Waals surface area (Å²) in [7, 11) is 0. The number of ketones is 1. The third-order valence-corrected chi connectivity index (χ3v) is 2.54. The molecule has 1 rings (SSSR count). The van der Waals surface area contributed by atoms with Gasteiger partial charge >= 0.3 is 0 Å². The summed E-state index contributed by atoms with van der Waals surface area (Å²) in [6.07, 6.45) is 0.236. The van der Waals surface area contributed by atoms with Crippen LogP contribution < -0.4 is 4.74 Å². The molecule has 1 unspecified atom stereocenters. The fourth-order valence-corrected chi connectivity index (χ4v) is 1.52. The molecule has 0 amide bonds. The molecule has 82 valence electrons. The average Bonchev–Trinajstić information content (AvgIpc) is 2.10. The molecule has 0 bridgehead atoms. The van der Waals surface area contributed by atoms with Crippen LogP contribution in [0.4, 0.5) is 0 Å². The molecule has 2 nitrogen and oxygen atoms in total. The molecular formula is C11H12Cl2O2. The zero-order valence-corrected chi connectivity index (χ0v) is 10.1. The van der Waals surface area contributed by atoms with Crippen LogP contribution in [0, 0.1) is 0 Å². The summed E-state index contributed by atoms with van der Waals surface area (Å²) < 4.78 is 5.50. The van der Waals surface area contributed by atoms with E-state index in [2.05, 4.69) is 0 Å². The van der Waals surface area contributed by atoms with Gasteiger partial charge in [0.15, 0.2) is 0 Å². The summed E-state index contributed by atoms with van der Waals surface area (Å²) in [5.74, 6) is 0.723. The lowest BCUT2D eigenvalue weighted by molar-refractivity contribution is -0.118. The van der Waals surface area contributed by atoms with Crippen LogP contribution in [0.3, 0.4) is 0 Å². The fraction of sp³-hybridized carbons (Fsp3) is 0.364. The average molecular weight is 247 g/mol. The summed E-state index contributed by atoms with van der Waals surface area (Å²) in [5.41, 5.74) is 0. The van der Waals surface area contributed by atoms with Crippen molar-refractivity contribution in [1.82, 2.24) is 0 Å². The number of carbonyl (C=O) groups is 1. The quantitative estimate of drug-likeness (QED) is 0.810. The standard InChI is InChI=1S/C11H12Cl2O2/c1-7(14)5-8(2)15-9-3-4-10(12)11(13)6-9/h3-4,6,8H,5H2,1-2H3. The van der Waals surface area contributed by atoms with E-state index in [0.29, 0.717) is 22.2 Å². The van der Waals surface area contributed by atoms with Crippen molar-refractivity contribution in [3.8, 4) is 5.75 Å². The van der Waals surface area contributed by atoms with Crippen LogP contribution in [0.1, 0.15) is 20.3 Å². The predicted molar refractivity (Wildman–Crippen MR) is 61.9 cm³/mol. The van der Waals surface area contributed by atoms with Gasteiger partial charge in [-0.2, -0.15) is 0 Å².